The molecule has 2 atom stereocenters. The lowest BCUT2D eigenvalue weighted by Gasteiger charge is -2.29. The van der Waals surface area contributed by atoms with Crippen LogP contribution in [0.4, 0.5) is 0 Å². The van der Waals surface area contributed by atoms with Crippen LogP contribution in [0, 0.1) is 17.2 Å². The molecule has 12 heavy (non-hydrogen) atoms. The minimum atomic E-state index is 0.183. The van der Waals surface area contributed by atoms with Gasteiger partial charge in [0.1, 0.15) is 0 Å². The van der Waals surface area contributed by atoms with Crippen LogP contribution in [0.15, 0.2) is 0 Å². The van der Waals surface area contributed by atoms with Gasteiger partial charge in [0.2, 0.25) is 0 Å². The summed E-state index contributed by atoms with van der Waals surface area (Å²) in [5.74, 6) is 0.652. The van der Waals surface area contributed by atoms with Gasteiger partial charge in [-0.05, 0) is 32.2 Å². The van der Waals surface area contributed by atoms with E-state index in [0.717, 1.165) is 13.0 Å². The van der Waals surface area contributed by atoms with Crippen LogP contribution in [0.3, 0.4) is 0 Å². The van der Waals surface area contributed by atoms with E-state index in [0.29, 0.717) is 12.0 Å². The minimum Gasteiger partial charge on any atom is -0.285 e. The Kier molecular flexibility index (Phi) is 3.11. The molecular formula is C10H18N2. The molecule has 1 saturated heterocycles. The number of likely N-dealkylation sites (tertiary alicyclic amines) is 1. The highest BCUT2D eigenvalue weighted by molar-refractivity contribution is 4.97. The monoisotopic (exact) mass is 166 g/mol. The summed E-state index contributed by atoms with van der Waals surface area (Å²) in [6, 6.07) is 3.11. The van der Waals surface area contributed by atoms with Crippen LogP contribution in [-0.2, 0) is 0 Å². The molecule has 0 radical (unpaired) electrons. The Labute approximate surface area is 75.2 Å². The smallest absolute Gasteiger partial charge is 0.0980 e. The molecule has 0 aliphatic carbocycles. The molecule has 68 valence electrons. The van der Waals surface area contributed by atoms with E-state index in [1.165, 1.54) is 6.42 Å². The van der Waals surface area contributed by atoms with Gasteiger partial charge in [-0.3, -0.25) is 4.90 Å². The SMILES string of the molecule is CC(C)[C@@H](C)N1CCC[C@H]1C#N. The minimum absolute atomic E-state index is 0.183. The first-order valence-corrected chi connectivity index (χ1v) is 4.82. The van der Waals surface area contributed by atoms with Crippen molar-refractivity contribution >= 4 is 0 Å². The fourth-order valence-corrected chi connectivity index (χ4v) is 1.80. The largest absolute Gasteiger partial charge is 0.285 e. The predicted molar refractivity (Wildman–Crippen MR) is 49.6 cm³/mol. The van der Waals surface area contributed by atoms with Crippen molar-refractivity contribution in [1.82, 2.24) is 4.90 Å². The number of nitrogens with zero attached hydrogens (tertiary/aromatic N) is 2. The van der Waals surface area contributed by atoms with Crippen LogP contribution in [0.1, 0.15) is 33.6 Å². The molecule has 1 aliphatic heterocycles. The van der Waals surface area contributed by atoms with Crippen LogP contribution < -0.4 is 0 Å². The summed E-state index contributed by atoms with van der Waals surface area (Å²) in [7, 11) is 0. The molecule has 0 unspecified atom stereocenters. The van der Waals surface area contributed by atoms with E-state index in [2.05, 4.69) is 31.7 Å². The molecule has 0 aromatic carbocycles. The lowest BCUT2D eigenvalue weighted by Crippen LogP contribution is -2.39. The molecule has 2 heteroatoms. The van der Waals surface area contributed by atoms with E-state index in [9.17, 15) is 0 Å². The summed E-state index contributed by atoms with van der Waals surface area (Å²) in [6.45, 7) is 7.77. The van der Waals surface area contributed by atoms with Gasteiger partial charge in [-0.2, -0.15) is 5.26 Å². The predicted octanol–water partition coefficient (Wildman–Crippen LogP) is 2.02. The van der Waals surface area contributed by atoms with E-state index < -0.39 is 0 Å². The van der Waals surface area contributed by atoms with Crippen LogP contribution in [0.25, 0.3) is 0 Å². The van der Waals surface area contributed by atoms with E-state index in [1.54, 1.807) is 0 Å². The van der Waals surface area contributed by atoms with Crippen molar-refractivity contribution in [3.8, 4) is 6.07 Å². The van der Waals surface area contributed by atoms with Gasteiger partial charge in [-0.25, -0.2) is 0 Å². The van der Waals surface area contributed by atoms with Crippen molar-refractivity contribution in [2.75, 3.05) is 6.54 Å². The summed E-state index contributed by atoms with van der Waals surface area (Å²) in [6.07, 6.45) is 2.25. The maximum atomic E-state index is 8.88. The van der Waals surface area contributed by atoms with Gasteiger partial charge in [-0.15, -0.1) is 0 Å². The fourth-order valence-electron chi connectivity index (χ4n) is 1.80. The lowest BCUT2D eigenvalue weighted by molar-refractivity contribution is 0.179. The quantitative estimate of drug-likeness (QED) is 0.627. The molecule has 1 rings (SSSR count). The second-order valence-corrected chi connectivity index (χ2v) is 4.01. The van der Waals surface area contributed by atoms with Gasteiger partial charge >= 0.3 is 0 Å². The van der Waals surface area contributed by atoms with Crippen molar-refractivity contribution in [3.05, 3.63) is 0 Å². The average Bonchev–Trinajstić information content (AvgIpc) is 2.49. The highest BCUT2D eigenvalue weighted by Crippen LogP contribution is 2.22. The zero-order valence-corrected chi connectivity index (χ0v) is 8.25. The van der Waals surface area contributed by atoms with Crippen molar-refractivity contribution in [2.45, 2.75) is 45.7 Å². The Bertz CT molecular complexity index is 181. The molecule has 0 aromatic rings. The van der Waals surface area contributed by atoms with Crippen LogP contribution in [0.2, 0.25) is 0 Å². The van der Waals surface area contributed by atoms with Crippen molar-refractivity contribution < 1.29 is 0 Å². The van der Waals surface area contributed by atoms with Gasteiger partial charge in [-0.1, -0.05) is 13.8 Å². The number of hydrogen-bond acceptors (Lipinski definition) is 2. The Morgan fingerprint density at radius 3 is 2.58 bits per heavy atom. The molecule has 0 aromatic heterocycles. The Morgan fingerprint density at radius 2 is 2.08 bits per heavy atom. The topological polar surface area (TPSA) is 27.0 Å². The number of rotatable bonds is 2. The molecule has 0 saturated carbocycles. The Morgan fingerprint density at radius 1 is 1.42 bits per heavy atom. The van der Waals surface area contributed by atoms with Gasteiger partial charge in [0.15, 0.2) is 0 Å². The van der Waals surface area contributed by atoms with Crippen LogP contribution in [-0.4, -0.2) is 23.5 Å². The number of hydrogen-bond donors (Lipinski definition) is 0. The summed E-state index contributed by atoms with van der Waals surface area (Å²) in [4.78, 5) is 2.34. The molecule has 1 fully saturated rings. The molecular weight excluding hydrogens is 148 g/mol. The fraction of sp³-hybridized carbons (Fsp3) is 0.900. The van der Waals surface area contributed by atoms with E-state index in [1.807, 2.05) is 0 Å². The maximum absolute atomic E-state index is 8.88. The zero-order chi connectivity index (χ0) is 9.14. The van der Waals surface area contributed by atoms with E-state index in [-0.39, 0.29) is 6.04 Å². The second-order valence-electron chi connectivity index (χ2n) is 4.01. The summed E-state index contributed by atoms with van der Waals surface area (Å²) >= 11 is 0. The molecule has 0 amide bonds. The summed E-state index contributed by atoms with van der Waals surface area (Å²) in [5.41, 5.74) is 0. The number of nitriles is 1. The second kappa shape index (κ2) is 3.91. The van der Waals surface area contributed by atoms with Gasteiger partial charge in [0, 0.05) is 6.04 Å². The van der Waals surface area contributed by atoms with Crippen LogP contribution >= 0.6 is 0 Å². The first-order valence-electron chi connectivity index (χ1n) is 4.82. The zero-order valence-electron chi connectivity index (χ0n) is 8.25. The Balaban J connectivity index is 2.56. The highest BCUT2D eigenvalue weighted by Gasteiger charge is 2.29. The molecule has 1 aliphatic rings. The van der Waals surface area contributed by atoms with Gasteiger partial charge < -0.3 is 0 Å². The molecule has 2 nitrogen and oxygen atoms in total. The lowest BCUT2D eigenvalue weighted by atomic mass is 10.0. The van der Waals surface area contributed by atoms with E-state index >= 15 is 0 Å². The first-order chi connectivity index (χ1) is 5.66. The summed E-state index contributed by atoms with van der Waals surface area (Å²) < 4.78 is 0. The standard InChI is InChI=1S/C10H18N2/c1-8(2)9(3)12-6-4-5-10(12)7-11/h8-10H,4-6H2,1-3H3/t9-,10+/m1/s1. The highest BCUT2D eigenvalue weighted by atomic mass is 15.2. The third-order valence-corrected chi connectivity index (χ3v) is 2.93. The first kappa shape index (κ1) is 9.54. The third-order valence-electron chi connectivity index (χ3n) is 2.93. The van der Waals surface area contributed by atoms with Crippen molar-refractivity contribution in [2.24, 2.45) is 5.92 Å². The van der Waals surface area contributed by atoms with E-state index in [4.69, 9.17) is 5.26 Å². The summed E-state index contributed by atoms with van der Waals surface area (Å²) in [5, 5.41) is 8.88. The third kappa shape index (κ3) is 1.78. The van der Waals surface area contributed by atoms with Crippen LogP contribution in [0.5, 0.6) is 0 Å². The van der Waals surface area contributed by atoms with Gasteiger partial charge in [0.05, 0.1) is 12.1 Å². The van der Waals surface area contributed by atoms with Crippen molar-refractivity contribution in [1.29, 1.82) is 5.26 Å². The molecule has 0 spiro atoms. The van der Waals surface area contributed by atoms with Crippen molar-refractivity contribution in [3.63, 3.8) is 0 Å². The molecule has 0 bridgehead atoms. The Hall–Kier alpha value is -0.550. The molecule has 0 N–H and O–H groups in total. The molecule has 1 heterocycles. The maximum Gasteiger partial charge on any atom is 0.0980 e. The van der Waals surface area contributed by atoms with Gasteiger partial charge in [0.25, 0.3) is 0 Å². The normalized spacial score (nSPS) is 27.4. The average molecular weight is 166 g/mol.